The van der Waals surface area contributed by atoms with Gasteiger partial charge in [0.1, 0.15) is 5.82 Å². The van der Waals surface area contributed by atoms with Crippen LogP contribution in [-0.2, 0) is 6.42 Å². The summed E-state index contributed by atoms with van der Waals surface area (Å²) in [5.74, 6) is -0.638. The molecule has 0 bridgehead atoms. The van der Waals surface area contributed by atoms with Crippen LogP contribution >= 0.6 is 0 Å². The summed E-state index contributed by atoms with van der Waals surface area (Å²) in [7, 11) is 0. The first-order valence-corrected chi connectivity index (χ1v) is 3.91. The van der Waals surface area contributed by atoms with Gasteiger partial charge in [0, 0.05) is 5.56 Å². The van der Waals surface area contributed by atoms with Crippen molar-refractivity contribution in [2.24, 2.45) is 5.73 Å². The number of hydrogen-bond donors (Lipinski definition) is 1. The third kappa shape index (κ3) is 2.73. The van der Waals surface area contributed by atoms with Gasteiger partial charge in [0.25, 0.3) is 6.43 Å². The zero-order valence-corrected chi connectivity index (χ0v) is 6.93. The van der Waals surface area contributed by atoms with Crippen LogP contribution in [0, 0.1) is 5.82 Å². The van der Waals surface area contributed by atoms with Gasteiger partial charge in [-0.3, -0.25) is 0 Å². The summed E-state index contributed by atoms with van der Waals surface area (Å²) in [5, 5.41) is 0. The molecule has 0 aliphatic rings. The predicted octanol–water partition coefficient (Wildman–Crippen LogP) is 2.26. The Hall–Kier alpha value is -1.03. The molecule has 0 fully saturated rings. The Kier molecular flexibility index (Phi) is 3.31. The maximum absolute atomic E-state index is 12.7. The van der Waals surface area contributed by atoms with Crippen LogP contribution < -0.4 is 5.73 Å². The Balaban J connectivity index is 2.96. The third-order valence-electron chi connectivity index (χ3n) is 1.66. The van der Waals surface area contributed by atoms with E-state index < -0.39 is 12.2 Å². The maximum atomic E-state index is 12.7. The van der Waals surface area contributed by atoms with Gasteiger partial charge in [-0.25, -0.2) is 13.2 Å². The molecule has 0 aromatic heterocycles. The minimum Gasteiger partial charge on any atom is -0.330 e. The number of benzene rings is 1. The summed E-state index contributed by atoms with van der Waals surface area (Å²) >= 11 is 0. The van der Waals surface area contributed by atoms with E-state index in [-0.39, 0.29) is 5.56 Å². The third-order valence-corrected chi connectivity index (χ3v) is 1.66. The number of rotatable bonds is 3. The van der Waals surface area contributed by atoms with Crippen molar-refractivity contribution in [1.29, 1.82) is 0 Å². The average molecular weight is 189 g/mol. The zero-order valence-electron chi connectivity index (χ0n) is 6.93. The summed E-state index contributed by atoms with van der Waals surface area (Å²) in [6.07, 6.45) is -2.22. The summed E-state index contributed by atoms with van der Waals surface area (Å²) in [5.41, 5.74) is 5.45. The van der Waals surface area contributed by atoms with E-state index >= 15 is 0 Å². The van der Waals surface area contributed by atoms with Gasteiger partial charge in [-0.2, -0.15) is 0 Å². The lowest BCUT2D eigenvalue weighted by Gasteiger charge is -2.03. The van der Waals surface area contributed by atoms with E-state index in [4.69, 9.17) is 5.73 Å². The van der Waals surface area contributed by atoms with Crippen molar-refractivity contribution in [3.63, 3.8) is 0 Å². The molecule has 0 saturated heterocycles. The Labute approximate surface area is 74.4 Å². The molecule has 0 unspecified atom stereocenters. The summed E-state index contributed by atoms with van der Waals surface area (Å²) in [4.78, 5) is 0. The quantitative estimate of drug-likeness (QED) is 0.775. The lowest BCUT2D eigenvalue weighted by atomic mass is 10.1. The lowest BCUT2D eigenvalue weighted by Crippen LogP contribution is -2.03. The largest absolute Gasteiger partial charge is 0.330 e. The molecule has 1 aromatic rings. The molecule has 0 aliphatic carbocycles. The molecule has 1 aromatic carbocycles. The smallest absolute Gasteiger partial charge is 0.263 e. The average Bonchev–Trinajstić information content (AvgIpc) is 2.03. The van der Waals surface area contributed by atoms with Crippen LogP contribution in [0.15, 0.2) is 18.2 Å². The fourth-order valence-corrected chi connectivity index (χ4v) is 1.11. The zero-order chi connectivity index (χ0) is 9.84. The second kappa shape index (κ2) is 4.28. The van der Waals surface area contributed by atoms with Gasteiger partial charge >= 0.3 is 0 Å². The van der Waals surface area contributed by atoms with Crippen LogP contribution in [0.5, 0.6) is 0 Å². The normalized spacial score (nSPS) is 10.8. The number of alkyl halides is 2. The van der Waals surface area contributed by atoms with Gasteiger partial charge < -0.3 is 5.73 Å². The van der Waals surface area contributed by atoms with Crippen LogP contribution in [0.4, 0.5) is 13.2 Å². The molecular weight excluding hydrogens is 179 g/mol. The van der Waals surface area contributed by atoms with Crippen LogP contribution in [0.2, 0.25) is 0 Å². The van der Waals surface area contributed by atoms with Crippen LogP contribution in [-0.4, -0.2) is 6.54 Å². The minimum atomic E-state index is -2.63. The molecule has 0 spiro atoms. The Morgan fingerprint density at radius 2 is 1.92 bits per heavy atom. The van der Waals surface area contributed by atoms with Crippen molar-refractivity contribution >= 4 is 0 Å². The van der Waals surface area contributed by atoms with Gasteiger partial charge in [0.05, 0.1) is 0 Å². The van der Waals surface area contributed by atoms with Gasteiger partial charge in [0.15, 0.2) is 0 Å². The Morgan fingerprint density at radius 3 is 2.46 bits per heavy atom. The first-order chi connectivity index (χ1) is 6.13. The number of halogens is 3. The molecule has 2 N–H and O–H groups in total. The molecule has 0 saturated carbocycles. The maximum Gasteiger partial charge on any atom is 0.263 e. The Morgan fingerprint density at radius 1 is 1.23 bits per heavy atom. The molecule has 0 aliphatic heterocycles. The van der Waals surface area contributed by atoms with Crippen LogP contribution in [0.3, 0.4) is 0 Å². The minimum absolute atomic E-state index is 0.288. The second-order valence-corrected chi connectivity index (χ2v) is 2.73. The van der Waals surface area contributed by atoms with E-state index in [1.54, 1.807) is 0 Å². The van der Waals surface area contributed by atoms with Gasteiger partial charge in [-0.15, -0.1) is 0 Å². The molecule has 72 valence electrons. The molecule has 0 amide bonds. The first kappa shape index (κ1) is 10.1. The molecular formula is C9H10F3N. The Bertz CT molecular complexity index is 286. The standard InChI is InChI=1S/C9H10F3N/c10-8-4-6(1-2-13)3-7(5-8)9(11)12/h3-5,9H,1-2,13H2. The van der Waals surface area contributed by atoms with Gasteiger partial charge in [-0.1, -0.05) is 0 Å². The fraction of sp³-hybridized carbons (Fsp3) is 0.333. The fourth-order valence-electron chi connectivity index (χ4n) is 1.11. The first-order valence-electron chi connectivity index (χ1n) is 3.91. The van der Waals surface area contributed by atoms with Gasteiger partial charge in [0.2, 0.25) is 0 Å². The summed E-state index contributed by atoms with van der Waals surface area (Å²) < 4.78 is 37.1. The van der Waals surface area contributed by atoms with Crippen molar-refractivity contribution in [2.45, 2.75) is 12.8 Å². The molecule has 13 heavy (non-hydrogen) atoms. The van der Waals surface area contributed by atoms with E-state index in [0.29, 0.717) is 18.5 Å². The summed E-state index contributed by atoms with van der Waals surface area (Å²) in [6.45, 7) is 0.326. The highest BCUT2D eigenvalue weighted by Gasteiger charge is 2.09. The predicted molar refractivity (Wildman–Crippen MR) is 44.1 cm³/mol. The monoisotopic (exact) mass is 189 g/mol. The molecule has 0 atom stereocenters. The van der Waals surface area contributed by atoms with Gasteiger partial charge in [-0.05, 0) is 36.7 Å². The SMILES string of the molecule is NCCc1cc(F)cc(C(F)F)c1. The van der Waals surface area contributed by atoms with E-state index in [1.165, 1.54) is 12.1 Å². The van der Waals surface area contributed by atoms with Crippen LogP contribution in [0.25, 0.3) is 0 Å². The molecule has 1 rings (SSSR count). The second-order valence-electron chi connectivity index (χ2n) is 2.73. The van der Waals surface area contributed by atoms with Crippen molar-refractivity contribution in [3.8, 4) is 0 Å². The molecule has 0 radical (unpaired) electrons. The van der Waals surface area contributed by atoms with Crippen LogP contribution in [0.1, 0.15) is 17.6 Å². The van der Waals surface area contributed by atoms with E-state index in [2.05, 4.69) is 0 Å². The van der Waals surface area contributed by atoms with E-state index in [9.17, 15) is 13.2 Å². The lowest BCUT2D eigenvalue weighted by molar-refractivity contribution is 0.151. The van der Waals surface area contributed by atoms with E-state index in [0.717, 1.165) is 6.07 Å². The molecule has 0 heterocycles. The van der Waals surface area contributed by atoms with E-state index in [1.807, 2.05) is 0 Å². The topological polar surface area (TPSA) is 26.0 Å². The highest BCUT2D eigenvalue weighted by molar-refractivity contribution is 5.25. The summed E-state index contributed by atoms with van der Waals surface area (Å²) in [6, 6.07) is 3.34. The van der Waals surface area contributed by atoms with Crippen molar-refractivity contribution < 1.29 is 13.2 Å². The number of nitrogens with two attached hydrogens (primary N) is 1. The molecule has 1 nitrogen and oxygen atoms in total. The molecule has 4 heteroatoms. The highest BCUT2D eigenvalue weighted by Crippen LogP contribution is 2.21. The van der Waals surface area contributed by atoms with Crippen molar-refractivity contribution in [1.82, 2.24) is 0 Å². The van der Waals surface area contributed by atoms with Crippen molar-refractivity contribution in [2.75, 3.05) is 6.54 Å². The number of hydrogen-bond acceptors (Lipinski definition) is 1. The van der Waals surface area contributed by atoms with Crippen molar-refractivity contribution in [3.05, 3.63) is 35.1 Å². The highest BCUT2D eigenvalue weighted by atomic mass is 19.3.